The number of nitrogens with zero attached hydrogens (tertiary/aromatic N) is 2. The summed E-state index contributed by atoms with van der Waals surface area (Å²) in [7, 11) is 0. The molecule has 0 spiro atoms. The third kappa shape index (κ3) is 4.80. The van der Waals surface area contributed by atoms with Gasteiger partial charge in [0.15, 0.2) is 0 Å². The number of anilines is 1. The molecule has 16 heavy (non-hydrogen) atoms. The third-order valence-corrected chi connectivity index (χ3v) is 1.20. The van der Waals surface area contributed by atoms with Crippen molar-refractivity contribution in [3.8, 4) is 6.07 Å². The lowest BCUT2D eigenvalue weighted by Crippen LogP contribution is -2.21. The molecule has 0 atom stereocenters. The summed E-state index contributed by atoms with van der Waals surface area (Å²) in [6, 6.07) is 5.21. The third-order valence-electron chi connectivity index (χ3n) is 1.20. The van der Waals surface area contributed by atoms with Gasteiger partial charge >= 0.3 is 12.1 Å². The van der Waals surface area contributed by atoms with Crippen LogP contribution in [0.15, 0.2) is 18.3 Å². The van der Waals surface area contributed by atoms with Crippen molar-refractivity contribution in [3.05, 3.63) is 23.9 Å². The van der Waals surface area contributed by atoms with E-state index in [-0.39, 0.29) is 0 Å². The SMILES string of the molecule is N#Cc1cccnc1N.O=C(O)C(F)(F)F. The first-order chi connectivity index (χ1) is 7.29. The van der Waals surface area contributed by atoms with Crippen LogP contribution in [0.4, 0.5) is 19.0 Å². The molecule has 0 aliphatic carbocycles. The maximum Gasteiger partial charge on any atom is 0.490 e. The first-order valence-corrected chi connectivity index (χ1v) is 3.69. The largest absolute Gasteiger partial charge is 0.490 e. The molecule has 1 heterocycles. The van der Waals surface area contributed by atoms with Gasteiger partial charge in [0.05, 0.1) is 5.56 Å². The normalized spacial score (nSPS) is 9.62. The second kappa shape index (κ2) is 5.55. The number of nitrogen functional groups attached to an aromatic ring is 1. The molecule has 8 heteroatoms. The summed E-state index contributed by atoms with van der Waals surface area (Å²) in [5, 5.41) is 15.5. The number of alkyl halides is 3. The minimum Gasteiger partial charge on any atom is -0.475 e. The molecule has 0 radical (unpaired) electrons. The van der Waals surface area contributed by atoms with E-state index in [0.29, 0.717) is 11.4 Å². The second-order valence-electron chi connectivity index (χ2n) is 2.35. The molecule has 0 unspecified atom stereocenters. The van der Waals surface area contributed by atoms with E-state index in [4.69, 9.17) is 20.9 Å². The molecule has 0 amide bonds. The minimum absolute atomic E-state index is 0.292. The number of rotatable bonds is 0. The van der Waals surface area contributed by atoms with E-state index in [2.05, 4.69) is 4.98 Å². The highest BCUT2D eigenvalue weighted by Crippen LogP contribution is 2.13. The van der Waals surface area contributed by atoms with Gasteiger partial charge in [0, 0.05) is 6.20 Å². The van der Waals surface area contributed by atoms with Gasteiger partial charge in [-0.1, -0.05) is 0 Å². The van der Waals surface area contributed by atoms with Crippen LogP contribution < -0.4 is 5.73 Å². The average molecular weight is 233 g/mol. The first-order valence-electron chi connectivity index (χ1n) is 3.69. The molecule has 86 valence electrons. The van der Waals surface area contributed by atoms with Crippen molar-refractivity contribution < 1.29 is 23.1 Å². The summed E-state index contributed by atoms with van der Waals surface area (Å²) < 4.78 is 31.7. The Labute approximate surface area is 87.9 Å². The maximum absolute atomic E-state index is 10.6. The molecule has 1 rings (SSSR count). The number of hydrogen-bond donors (Lipinski definition) is 2. The average Bonchev–Trinajstić information content (AvgIpc) is 2.18. The second-order valence-corrected chi connectivity index (χ2v) is 2.35. The van der Waals surface area contributed by atoms with Crippen LogP contribution in [0.2, 0.25) is 0 Å². The maximum atomic E-state index is 10.6. The Balaban J connectivity index is 0.000000293. The van der Waals surface area contributed by atoms with Crippen molar-refractivity contribution in [1.82, 2.24) is 4.98 Å². The zero-order valence-electron chi connectivity index (χ0n) is 7.69. The van der Waals surface area contributed by atoms with E-state index in [0.717, 1.165) is 0 Å². The number of aliphatic carboxylic acids is 1. The van der Waals surface area contributed by atoms with Crippen molar-refractivity contribution >= 4 is 11.8 Å². The highest BCUT2D eigenvalue weighted by molar-refractivity contribution is 5.73. The molecular formula is C8H6F3N3O2. The summed E-state index contributed by atoms with van der Waals surface area (Å²) in [4.78, 5) is 12.6. The first kappa shape index (κ1) is 13.7. The number of carboxylic acid groups (broad SMARTS) is 1. The van der Waals surface area contributed by atoms with Crippen molar-refractivity contribution in [2.45, 2.75) is 6.18 Å². The lowest BCUT2D eigenvalue weighted by molar-refractivity contribution is -0.192. The zero-order valence-corrected chi connectivity index (χ0v) is 7.69. The smallest absolute Gasteiger partial charge is 0.475 e. The number of aromatic nitrogens is 1. The van der Waals surface area contributed by atoms with Gasteiger partial charge in [-0.05, 0) is 12.1 Å². The number of carbonyl (C=O) groups is 1. The molecule has 0 aromatic carbocycles. The molecule has 3 N–H and O–H groups in total. The Kier molecular flexibility index (Phi) is 4.75. The van der Waals surface area contributed by atoms with Crippen LogP contribution >= 0.6 is 0 Å². The lowest BCUT2D eigenvalue weighted by Gasteiger charge is -1.93. The van der Waals surface area contributed by atoms with Crippen LogP contribution in [0.3, 0.4) is 0 Å². The Morgan fingerprint density at radius 3 is 2.31 bits per heavy atom. The summed E-state index contributed by atoms with van der Waals surface area (Å²) >= 11 is 0. The van der Waals surface area contributed by atoms with Crippen LogP contribution in [0.1, 0.15) is 5.56 Å². The van der Waals surface area contributed by atoms with Crippen molar-refractivity contribution in [3.63, 3.8) is 0 Å². The number of nitriles is 1. The van der Waals surface area contributed by atoms with Gasteiger partial charge < -0.3 is 10.8 Å². The Morgan fingerprint density at radius 2 is 2.06 bits per heavy atom. The van der Waals surface area contributed by atoms with Gasteiger partial charge in [-0.25, -0.2) is 9.78 Å². The summed E-state index contributed by atoms with van der Waals surface area (Å²) in [5.41, 5.74) is 5.73. The van der Waals surface area contributed by atoms with Crippen LogP contribution in [0, 0.1) is 11.3 Å². The monoisotopic (exact) mass is 233 g/mol. The Morgan fingerprint density at radius 1 is 1.56 bits per heavy atom. The number of pyridine rings is 1. The molecule has 0 bridgehead atoms. The fourth-order valence-corrected chi connectivity index (χ4v) is 0.512. The van der Waals surface area contributed by atoms with E-state index in [1.165, 1.54) is 0 Å². The van der Waals surface area contributed by atoms with Gasteiger partial charge in [-0.15, -0.1) is 0 Å². The molecular weight excluding hydrogens is 227 g/mol. The molecule has 0 saturated carbocycles. The molecule has 0 aliphatic heterocycles. The van der Waals surface area contributed by atoms with E-state index < -0.39 is 12.1 Å². The predicted octanol–water partition coefficient (Wildman–Crippen LogP) is 1.17. The topological polar surface area (TPSA) is 100 Å². The van der Waals surface area contributed by atoms with Gasteiger partial charge in [0.25, 0.3) is 0 Å². The zero-order chi connectivity index (χ0) is 12.8. The van der Waals surface area contributed by atoms with Gasteiger partial charge in [0.2, 0.25) is 0 Å². The Bertz CT molecular complexity index is 412. The van der Waals surface area contributed by atoms with Gasteiger partial charge in [-0.3, -0.25) is 0 Å². The van der Waals surface area contributed by atoms with Crippen LogP contribution in [-0.4, -0.2) is 22.2 Å². The van der Waals surface area contributed by atoms with Gasteiger partial charge in [-0.2, -0.15) is 18.4 Å². The molecule has 0 aliphatic rings. The number of hydrogen-bond acceptors (Lipinski definition) is 4. The lowest BCUT2D eigenvalue weighted by atomic mass is 10.3. The number of carboxylic acids is 1. The highest BCUT2D eigenvalue weighted by atomic mass is 19.4. The number of nitrogens with two attached hydrogens (primary N) is 1. The molecule has 1 aromatic heterocycles. The van der Waals surface area contributed by atoms with E-state index in [1.807, 2.05) is 6.07 Å². The quantitative estimate of drug-likeness (QED) is 0.700. The van der Waals surface area contributed by atoms with Crippen molar-refractivity contribution in [1.29, 1.82) is 5.26 Å². The minimum atomic E-state index is -5.08. The molecule has 5 nitrogen and oxygen atoms in total. The van der Waals surface area contributed by atoms with Crippen LogP contribution in [0.5, 0.6) is 0 Å². The standard InChI is InChI=1S/C6H5N3.C2HF3O2/c7-4-5-2-1-3-9-6(5)8;3-2(4,5)1(6)7/h1-3H,(H2,8,9);(H,6,7). The van der Waals surface area contributed by atoms with Crippen LogP contribution in [0.25, 0.3) is 0 Å². The number of halogens is 3. The van der Waals surface area contributed by atoms with E-state index in [1.54, 1.807) is 18.3 Å². The molecule has 1 aromatic rings. The Hall–Kier alpha value is -2.30. The summed E-state index contributed by atoms with van der Waals surface area (Å²) in [6.07, 6.45) is -3.53. The summed E-state index contributed by atoms with van der Waals surface area (Å²) in [6.45, 7) is 0. The van der Waals surface area contributed by atoms with Crippen LogP contribution in [-0.2, 0) is 4.79 Å². The van der Waals surface area contributed by atoms with E-state index >= 15 is 0 Å². The fraction of sp³-hybridized carbons (Fsp3) is 0.125. The van der Waals surface area contributed by atoms with E-state index in [9.17, 15) is 13.2 Å². The molecule has 0 fully saturated rings. The highest BCUT2D eigenvalue weighted by Gasteiger charge is 2.38. The molecule has 0 saturated heterocycles. The van der Waals surface area contributed by atoms with Crippen molar-refractivity contribution in [2.24, 2.45) is 0 Å². The predicted molar refractivity (Wildman–Crippen MR) is 47.1 cm³/mol. The van der Waals surface area contributed by atoms with Gasteiger partial charge in [0.1, 0.15) is 11.9 Å². The summed E-state index contributed by atoms with van der Waals surface area (Å²) in [5.74, 6) is -2.47. The van der Waals surface area contributed by atoms with Crippen molar-refractivity contribution in [2.75, 3.05) is 5.73 Å². The fourth-order valence-electron chi connectivity index (χ4n) is 0.512.